The van der Waals surface area contributed by atoms with Crippen LogP contribution in [0.3, 0.4) is 0 Å². The third-order valence-electron chi connectivity index (χ3n) is 1.45. The Morgan fingerprint density at radius 2 is 1.92 bits per heavy atom. The van der Waals surface area contributed by atoms with Gasteiger partial charge in [-0.2, -0.15) is 0 Å². The molecule has 1 aromatic rings. The summed E-state index contributed by atoms with van der Waals surface area (Å²) in [4.78, 5) is 10.9. The smallest absolute Gasteiger partial charge is 0.256 e. The summed E-state index contributed by atoms with van der Waals surface area (Å²) in [5, 5.41) is -0.537. The van der Waals surface area contributed by atoms with E-state index in [0.717, 1.165) is 8.95 Å². The van der Waals surface area contributed by atoms with Crippen molar-refractivity contribution >= 4 is 48.7 Å². The van der Waals surface area contributed by atoms with Crippen LogP contribution < -0.4 is 4.74 Å². The van der Waals surface area contributed by atoms with Crippen LogP contribution in [0.15, 0.2) is 21.1 Å². The largest absolute Gasteiger partial charge is 0.496 e. The molecular formula is C8H5Br2ClO2. The van der Waals surface area contributed by atoms with Gasteiger partial charge in [0.2, 0.25) is 0 Å². The molecule has 0 radical (unpaired) electrons. The van der Waals surface area contributed by atoms with Gasteiger partial charge in [-0.1, -0.05) is 0 Å². The average Bonchev–Trinajstić information content (AvgIpc) is 2.08. The summed E-state index contributed by atoms with van der Waals surface area (Å²) in [6.45, 7) is 0. The molecule has 1 rings (SSSR count). The van der Waals surface area contributed by atoms with E-state index in [4.69, 9.17) is 16.3 Å². The number of hydrogen-bond donors (Lipinski definition) is 0. The fourth-order valence-electron chi connectivity index (χ4n) is 0.851. The summed E-state index contributed by atoms with van der Waals surface area (Å²) in [6, 6.07) is 3.29. The SMILES string of the molecule is COc1cc(Br)c(Br)cc1C(=O)Cl. The Hall–Kier alpha value is -0.0600. The molecule has 0 unspecified atom stereocenters. The van der Waals surface area contributed by atoms with Gasteiger partial charge in [-0.3, -0.25) is 4.79 Å². The highest BCUT2D eigenvalue weighted by molar-refractivity contribution is 9.13. The minimum atomic E-state index is -0.537. The van der Waals surface area contributed by atoms with Gasteiger partial charge in [-0.05, 0) is 55.6 Å². The van der Waals surface area contributed by atoms with Gasteiger partial charge in [0.1, 0.15) is 5.75 Å². The first-order valence-electron chi connectivity index (χ1n) is 3.29. The Morgan fingerprint density at radius 1 is 1.38 bits per heavy atom. The number of hydrogen-bond acceptors (Lipinski definition) is 2. The molecule has 0 bridgehead atoms. The molecule has 13 heavy (non-hydrogen) atoms. The Balaban J connectivity index is 3.33. The standard InChI is InChI=1S/C8H5Br2ClO2/c1-13-7-3-6(10)5(9)2-4(7)8(11)12/h2-3H,1H3. The van der Waals surface area contributed by atoms with Crippen molar-refractivity contribution in [2.45, 2.75) is 0 Å². The molecule has 0 fully saturated rings. The second-order valence-electron chi connectivity index (χ2n) is 2.24. The molecule has 0 aliphatic heterocycles. The molecule has 1 aromatic carbocycles. The first-order valence-corrected chi connectivity index (χ1v) is 5.25. The third kappa shape index (κ3) is 2.45. The van der Waals surface area contributed by atoms with Crippen molar-refractivity contribution in [2.24, 2.45) is 0 Å². The number of halogens is 3. The predicted octanol–water partition coefficient (Wildman–Crippen LogP) is 3.60. The zero-order valence-corrected chi connectivity index (χ0v) is 10.5. The predicted molar refractivity (Wildman–Crippen MR) is 58.6 cm³/mol. The number of carbonyl (C=O) groups excluding carboxylic acids is 1. The first-order chi connectivity index (χ1) is 6.06. The van der Waals surface area contributed by atoms with E-state index in [1.807, 2.05) is 0 Å². The van der Waals surface area contributed by atoms with E-state index >= 15 is 0 Å². The maximum atomic E-state index is 10.9. The number of carbonyl (C=O) groups is 1. The number of rotatable bonds is 2. The van der Waals surface area contributed by atoms with Gasteiger partial charge in [0.15, 0.2) is 0 Å². The van der Waals surface area contributed by atoms with Gasteiger partial charge < -0.3 is 4.74 Å². The van der Waals surface area contributed by atoms with Crippen LogP contribution >= 0.6 is 43.5 Å². The van der Waals surface area contributed by atoms with Crippen LogP contribution in [-0.4, -0.2) is 12.4 Å². The second kappa shape index (κ2) is 4.44. The van der Waals surface area contributed by atoms with Crippen molar-refractivity contribution in [3.05, 3.63) is 26.6 Å². The highest BCUT2D eigenvalue weighted by atomic mass is 79.9. The zero-order chi connectivity index (χ0) is 10.0. The van der Waals surface area contributed by atoms with E-state index in [2.05, 4.69) is 31.9 Å². The molecule has 0 spiro atoms. The number of ether oxygens (including phenoxy) is 1. The Kier molecular flexibility index (Phi) is 3.76. The summed E-state index contributed by atoms with van der Waals surface area (Å²) in [6.07, 6.45) is 0. The first kappa shape index (κ1) is 11.0. The van der Waals surface area contributed by atoms with Crippen LogP contribution in [-0.2, 0) is 0 Å². The topological polar surface area (TPSA) is 26.3 Å². The minimum Gasteiger partial charge on any atom is -0.496 e. The molecule has 0 atom stereocenters. The van der Waals surface area contributed by atoms with Gasteiger partial charge in [-0.15, -0.1) is 0 Å². The van der Waals surface area contributed by atoms with Crippen molar-refractivity contribution < 1.29 is 9.53 Å². The number of methoxy groups -OCH3 is 1. The van der Waals surface area contributed by atoms with Crippen LogP contribution in [0, 0.1) is 0 Å². The second-order valence-corrected chi connectivity index (χ2v) is 4.29. The normalized spacial score (nSPS) is 9.85. The zero-order valence-electron chi connectivity index (χ0n) is 6.61. The van der Waals surface area contributed by atoms with E-state index in [1.54, 1.807) is 12.1 Å². The number of benzene rings is 1. The molecule has 0 aliphatic carbocycles. The summed E-state index contributed by atoms with van der Waals surface area (Å²) >= 11 is 11.9. The molecule has 5 heteroatoms. The summed E-state index contributed by atoms with van der Waals surface area (Å²) < 4.78 is 6.56. The molecule has 70 valence electrons. The lowest BCUT2D eigenvalue weighted by Crippen LogP contribution is -1.95. The molecule has 0 saturated carbocycles. The van der Waals surface area contributed by atoms with Crippen molar-refractivity contribution in [3.8, 4) is 5.75 Å². The lowest BCUT2D eigenvalue weighted by atomic mass is 10.2. The lowest BCUT2D eigenvalue weighted by Gasteiger charge is -2.06. The van der Waals surface area contributed by atoms with Gasteiger partial charge in [-0.25, -0.2) is 0 Å². The molecular weight excluding hydrogens is 323 g/mol. The summed E-state index contributed by atoms with van der Waals surface area (Å²) in [7, 11) is 1.49. The van der Waals surface area contributed by atoms with Crippen LogP contribution in [0.1, 0.15) is 10.4 Å². The fraction of sp³-hybridized carbons (Fsp3) is 0.125. The van der Waals surface area contributed by atoms with E-state index in [-0.39, 0.29) is 0 Å². The monoisotopic (exact) mass is 326 g/mol. The average molecular weight is 328 g/mol. The summed E-state index contributed by atoms with van der Waals surface area (Å²) in [5.74, 6) is 0.454. The molecule has 0 aliphatic rings. The van der Waals surface area contributed by atoms with Crippen molar-refractivity contribution in [2.75, 3.05) is 7.11 Å². The van der Waals surface area contributed by atoms with Crippen molar-refractivity contribution in [1.29, 1.82) is 0 Å². The maximum absolute atomic E-state index is 10.9. The highest BCUT2D eigenvalue weighted by Crippen LogP contribution is 2.31. The van der Waals surface area contributed by atoms with Crippen LogP contribution in [0.25, 0.3) is 0 Å². The van der Waals surface area contributed by atoms with Gasteiger partial charge >= 0.3 is 0 Å². The molecule has 0 N–H and O–H groups in total. The van der Waals surface area contributed by atoms with E-state index in [0.29, 0.717) is 11.3 Å². The quantitative estimate of drug-likeness (QED) is 0.776. The van der Waals surface area contributed by atoms with Crippen LogP contribution in [0.5, 0.6) is 5.75 Å². The molecule has 0 saturated heterocycles. The highest BCUT2D eigenvalue weighted by Gasteiger charge is 2.12. The van der Waals surface area contributed by atoms with Crippen molar-refractivity contribution in [1.82, 2.24) is 0 Å². The minimum absolute atomic E-state index is 0.347. The Labute approximate surface area is 97.5 Å². The maximum Gasteiger partial charge on any atom is 0.256 e. The fourth-order valence-corrected chi connectivity index (χ4v) is 1.66. The van der Waals surface area contributed by atoms with Crippen LogP contribution in [0.2, 0.25) is 0 Å². The molecule has 0 amide bonds. The van der Waals surface area contributed by atoms with E-state index in [9.17, 15) is 4.79 Å². The lowest BCUT2D eigenvalue weighted by molar-refractivity contribution is 0.107. The Morgan fingerprint density at radius 3 is 2.38 bits per heavy atom. The van der Waals surface area contributed by atoms with E-state index in [1.165, 1.54) is 7.11 Å². The molecule has 2 nitrogen and oxygen atoms in total. The van der Waals surface area contributed by atoms with Crippen molar-refractivity contribution in [3.63, 3.8) is 0 Å². The Bertz CT molecular complexity index is 352. The molecule has 0 aromatic heterocycles. The van der Waals surface area contributed by atoms with Gasteiger partial charge in [0.25, 0.3) is 5.24 Å². The summed E-state index contributed by atoms with van der Waals surface area (Å²) in [5.41, 5.74) is 0.347. The third-order valence-corrected chi connectivity index (χ3v) is 3.50. The van der Waals surface area contributed by atoms with Gasteiger partial charge in [0.05, 0.1) is 12.7 Å². The van der Waals surface area contributed by atoms with Crippen LogP contribution in [0.4, 0.5) is 0 Å². The van der Waals surface area contributed by atoms with E-state index < -0.39 is 5.24 Å². The van der Waals surface area contributed by atoms with Gasteiger partial charge in [0, 0.05) is 8.95 Å². The molecule has 0 heterocycles.